The summed E-state index contributed by atoms with van der Waals surface area (Å²) in [7, 11) is 0. The van der Waals surface area contributed by atoms with E-state index < -0.39 is 5.97 Å². The van der Waals surface area contributed by atoms with Crippen LogP contribution in [0.4, 0.5) is 0 Å². The van der Waals surface area contributed by atoms with Gasteiger partial charge in [-0.25, -0.2) is 14.8 Å². The SMILES string of the molecule is Cc1ncc(C(=O)Oc2ccc(C(=O)N3CCCC3)cc2)c(C2CC2)n1. The van der Waals surface area contributed by atoms with Crippen molar-refractivity contribution >= 4 is 11.9 Å². The van der Waals surface area contributed by atoms with Gasteiger partial charge in [-0.1, -0.05) is 0 Å². The highest BCUT2D eigenvalue weighted by Gasteiger charge is 2.31. The minimum Gasteiger partial charge on any atom is -0.423 e. The average Bonchev–Trinajstić information content (AvgIpc) is 3.35. The van der Waals surface area contributed by atoms with Gasteiger partial charge in [-0.2, -0.15) is 0 Å². The molecule has 0 N–H and O–H groups in total. The number of likely N-dealkylation sites (tertiary alicyclic amines) is 1. The third-order valence-electron chi connectivity index (χ3n) is 4.83. The highest BCUT2D eigenvalue weighted by Crippen LogP contribution is 2.40. The maximum atomic E-state index is 12.5. The zero-order valence-electron chi connectivity index (χ0n) is 14.8. The topological polar surface area (TPSA) is 72.4 Å². The number of carbonyl (C=O) groups is 2. The first-order chi connectivity index (χ1) is 12.6. The van der Waals surface area contributed by atoms with Crippen LogP contribution in [0.15, 0.2) is 30.5 Å². The summed E-state index contributed by atoms with van der Waals surface area (Å²) in [5.41, 5.74) is 1.82. The lowest BCUT2D eigenvalue weighted by Gasteiger charge is -2.15. The molecule has 2 fully saturated rings. The summed E-state index contributed by atoms with van der Waals surface area (Å²) in [6, 6.07) is 6.73. The van der Waals surface area contributed by atoms with E-state index >= 15 is 0 Å². The number of nitrogens with zero attached hydrogens (tertiary/aromatic N) is 3. The van der Waals surface area contributed by atoms with Crippen LogP contribution >= 0.6 is 0 Å². The fourth-order valence-electron chi connectivity index (χ4n) is 3.24. The van der Waals surface area contributed by atoms with Gasteiger partial charge < -0.3 is 9.64 Å². The Labute approximate surface area is 152 Å². The van der Waals surface area contributed by atoms with Gasteiger partial charge in [-0.15, -0.1) is 0 Å². The number of ether oxygens (including phenoxy) is 1. The van der Waals surface area contributed by atoms with E-state index in [9.17, 15) is 9.59 Å². The molecule has 0 atom stereocenters. The van der Waals surface area contributed by atoms with Gasteiger partial charge in [0.2, 0.25) is 0 Å². The van der Waals surface area contributed by atoms with E-state index in [0.717, 1.165) is 44.5 Å². The van der Waals surface area contributed by atoms with E-state index in [2.05, 4.69) is 9.97 Å². The molecule has 1 aromatic carbocycles. The Morgan fingerprint density at radius 2 is 1.81 bits per heavy atom. The molecule has 1 saturated heterocycles. The molecule has 0 radical (unpaired) electrons. The largest absolute Gasteiger partial charge is 0.423 e. The molecule has 1 aliphatic carbocycles. The summed E-state index contributed by atoms with van der Waals surface area (Å²) in [5.74, 6) is 0.983. The van der Waals surface area contributed by atoms with Crippen molar-refractivity contribution in [2.75, 3.05) is 13.1 Å². The van der Waals surface area contributed by atoms with Crippen LogP contribution in [-0.4, -0.2) is 39.8 Å². The maximum Gasteiger partial charge on any atom is 0.346 e. The van der Waals surface area contributed by atoms with E-state index in [1.54, 1.807) is 30.5 Å². The first-order valence-electron chi connectivity index (χ1n) is 9.07. The number of amides is 1. The number of aromatic nitrogens is 2. The molecule has 2 aliphatic rings. The summed E-state index contributed by atoms with van der Waals surface area (Å²) in [5, 5.41) is 0. The van der Waals surface area contributed by atoms with Gasteiger partial charge >= 0.3 is 5.97 Å². The van der Waals surface area contributed by atoms with E-state index in [-0.39, 0.29) is 5.91 Å². The number of rotatable bonds is 4. The van der Waals surface area contributed by atoms with Crippen molar-refractivity contribution in [3.63, 3.8) is 0 Å². The summed E-state index contributed by atoms with van der Waals surface area (Å²) in [6.07, 6.45) is 5.75. The molecule has 1 aliphatic heterocycles. The van der Waals surface area contributed by atoms with Crippen molar-refractivity contribution in [3.05, 3.63) is 53.1 Å². The van der Waals surface area contributed by atoms with Crippen molar-refractivity contribution in [1.82, 2.24) is 14.9 Å². The Morgan fingerprint density at radius 1 is 1.12 bits per heavy atom. The molecule has 0 spiro atoms. The zero-order valence-corrected chi connectivity index (χ0v) is 14.8. The van der Waals surface area contributed by atoms with Crippen LogP contribution in [0.3, 0.4) is 0 Å². The lowest BCUT2D eigenvalue weighted by atomic mass is 10.1. The molecular formula is C20H21N3O3. The molecule has 6 heteroatoms. The van der Waals surface area contributed by atoms with Crippen molar-refractivity contribution in [1.29, 1.82) is 0 Å². The Morgan fingerprint density at radius 3 is 2.46 bits per heavy atom. The van der Waals surface area contributed by atoms with Crippen LogP contribution in [0.1, 0.15) is 63.8 Å². The molecule has 1 aromatic heterocycles. The molecule has 26 heavy (non-hydrogen) atoms. The van der Waals surface area contributed by atoms with Crippen LogP contribution in [0.25, 0.3) is 0 Å². The molecule has 1 amide bonds. The first kappa shape index (κ1) is 16.7. The highest BCUT2D eigenvalue weighted by molar-refractivity contribution is 5.95. The molecule has 1 saturated carbocycles. The van der Waals surface area contributed by atoms with Crippen LogP contribution in [0.2, 0.25) is 0 Å². The Hall–Kier alpha value is -2.76. The van der Waals surface area contributed by atoms with Gasteiger partial charge in [-0.05, 0) is 56.9 Å². The van der Waals surface area contributed by atoms with E-state index in [1.165, 1.54) is 0 Å². The van der Waals surface area contributed by atoms with Crippen LogP contribution in [0.5, 0.6) is 5.75 Å². The molecule has 0 unspecified atom stereocenters. The van der Waals surface area contributed by atoms with Crippen molar-refractivity contribution in [2.45, 2.75) is 38.5 Å². The molecular weight excluding hydrogens is 330 g/mol. The number of aryl methyl sites for hydroxylation is 1. The molecule has 2 heterocycles. The molecule has 134 valence electrons. The Kier molecular flexibility index (Phi) is 4.41. The second kappa shape index (κ2) is 6.86. The molecule has 2 aromatic rings. The Balaban J connectivity index is 1.47. The first-order valence-corrected chi connectivity index (χ1v) is 9.07. The monoisotopic (exact) mass is 351 g/mol. The van der Waals surface area contributed by atoms with Crippen LogP contribution < -0.4 is 4.74 Å². The van der Waals surface area contributed by atoms with Gasteiger partial charge in [0, 0.05) is 30.8 Å². The summed E-state index contributed by atoms with van der Waals surface area (Å²) in [6.45, 7) is 3.44. The van der Waals surface area contributed by atoms with Crippen molar-refractivity contribution < 1.29 is 14.3 Å². The minimum atomic E-state index is -0.453. The third-order valence-corrected chi connectivity index (χ3v) is 4.83. The van der Waals surface area contributed by atoms with Gasteiger partial charge in [0.1, 0.15) is 17.1 Å². The van der Waals surface area contributed by atoms with E-state index in [0.29, 0.717) is 28.6 Å². The van der Waals surface area contributed by atoms with Crippen molar-refractivity contribution in [3.8, 4) is 5.75 Å². The van der Waals surface area contributed by atoms with Gasteiger partial charge in [0.25, 0.3) is 5.91 Å². The number of esters is 1. The standard InChI is InChI=1S/C20H21N3O3/c1-13-21-12-17(18(22-13)14-4-5-14)20(25)26-16-8-6-15(7-9-16)19(24)23-10-2-3-11-23/h6-9,12,14H,2-5,10-11H2,1H3. The third kappa shape index (κ3) is 3.45. The molecule has 6 nitrogen and oxygen atoms in total. The summed E-state index contributed by atoms with van der Waals surface area (Å²) in [4.78, 5) is 35.3. The van der Waals surface area contributed by atoms with Gasteiger partial charge in [0.05, 0.1) is 5.69 Å². The van der Waals surface area contributed by atoms with Crippen LogP contribution in [-0.2, 0) is 0 Å². The zero-order chi connectivity index (χ0) is 18.1. The number of benzene rings is 1. The molecule has 0 bridgehead atoms. The van der Waals surface area contributed by atoms with E-state index in [1.807, 2.05) is 11.8 Å². The maximum absolute atomic E-state index is 12.5. The van der Waals surface area contributed by atoms with Crippen LogP contribution in [0, 0.1) is 6.92 Å². The highest BCUT2D eigenvalue weighted by atomic mass is 16.5. The second-order valence-corrected chi connectivity index (χ2v) is 6.90. The Bertz CT molecular complexity index is 838. The smallest absolute Gasteiger partial charge is 0.346 e. The van der Waals surface area contributed by atoms with E-state index in [4.69, 9.17) is 4.74 Å². The quantitative estimate of drug-likeness (QED) is 0.625. The molecule has 4 rings (SSSR count). The number of carbonyl (C=O) groups excluding carboxylic acids is 2. The fourth-order valence-corrected chi connectivity index (χ4v) is 3.24. The number of hydrogen-bond donors (Lipinski definition) is 0. The normalized spacial score (nSPS) is 16.6. The lowest BCUT2D eigenvalue weighted by molar-refractivity contribution is 0.0732. The predicted molar refractivity (Wildman–Crippen MR) is 95.3 cm³/mol. The fraction of sp³-hybridized carbons (Fsp3) is 0.400. The van der Waals surface area contributed by atoms with Gasteiger partial charge in [-0.3, -0.25) is 4.79 Å². The average molecular weight is 351 g/mol. The van der Waals surface area contributed by atoms with Gasteiger partial charge in [0.15, 0.2) is 0 Å². The lowest BCUT2D eigenvalue weighted by Crippen LogP contribution is -2.27. The predicted octanol–water partition coefficient (Wildman–Crippen LogP) is 3.12. The van der Waals surface area contributed by atoms with Crippen molar-refractivity contribution in [2.24, 2.45) is 0 Å². The number of hydrogen-bond acceptors (Lipinski definition) is 5. The minimum absolute atomic E-state index is 0.0309. The summed E-state index contributed by atoms with van der Waals surface area (Å²) < 4.78 is 5.48. The second-order valence-electron chi connectivity index (χ2n) is 6.90. The summed E-state index contributed by atoms with van der Waals surface area (Å²) >= 11 is 0.